The first-order valence-electron chi connectivity index (χ1n) is 7.05. The molecule has 0 spiro atoms. The molecular formula is C17H19NO2. The van der Waals surface area contributed by atoms with Crippen LogP contribution in [0.4, 0.5) is 0 Å². The Morgan fingerprint density at radius 3 is 2.50 bits per heavy atom. The Bertz CT molecular complexity index is 556. The second-order valence-electron chi connectivity index (χ2n) is 4.86. The lowest BCUT2D eigenvalue weighted by Crippen LogP contribution is -2.41. The summed E-state index contributed by atoms with van der Waals surface area (Å²) in [5, 5.41) is 3.49. The van der Waals surface area contributed by atoms with Gasteiger partial charge >= 0.3 is 0 Å². The van der Waals surface area contributed by atoms with E-state index in [2.05, 4.69) is 36.5 Å². The minimum Gasteiger partial charge on any atom is -0.486 e. The van der Waals surface area contributed by atoms with Crippen molar-refractivity contribution in [1.29, 1.82) is 0 Å². The second-order valence-corrected chi connectivity index (χ2v) is 4.86. The molecule has 3 heteroatoms. The summed E-state index contributed by atoms with van der Waals surface area (Å²) in [6.07, 6.45) is -0.0211. The zero-order valence-corrected chi connectivity index (χ0v) is 11.6. The molecule has 0 saturated heterocycles. The van der Waals surface area contributed by atoms with Crippen molar-refractivity contribution >= 4 is 0 Å². The third-order valence-corrected chi connectivity index (χ3v) is 3.49. The molecule has 0 aromatic heterocycles. The fourth-order valence-corrected chi connectivity index (χ4v) is 2.54. The van der Waals surface area contributed by atoms with Crippen LogP contribution in [0.1, 0.15) is 18.5 Å². The van der Waals surface area contributed by atoms with Gasteiger partial charge in [0.25, 0.3) is 0 Å². The largest absolute Gasteiger partial charge is 0.486 e. The number of ether oxygens (including phenoxy) is 2. The Kier molecular flexibility index (Phi) is 3.88. The SMILES string of the molecule is CCNC(c1ccccc1)C1COc2ccccc2O1. The van der Waals surface area contributed by atoms with Gasteiger partial charge in [-0.05, 0) is 24.2 Å². The summed E-state index contributed by atoms with van der Waals surface area (Å²) in [5.41, 5.74) is 1.22. The normalized spacial score (nSPS) is 18.6. The molecule has 0 radical (unpaired) electrons. The monoisotopic (exact) mass is 269 g/mol. The maximum absolute atomic E-state index is 6.11. The van der Waals surface area contributed by atoms with Gasteiger partial charge in [-0.3, -0.25) is 0 Å². The number of hydrogen-bond acceptors (Lipinski definition) is 3. The van der Waals surface area contributed by atoms with E-state index in [1.807, 2.05) is 30.3 Å². The van der Waals surface area contributed by atoms with Gasteiger partial charge in [0, 0.05) is 0 Å². The fourth-order valence-electron chi connectivity index (χ4n) is 2.54. The third kappa shape index (κ3) is 2.63. The number of fused-ring (bicyclic) bond motifs is 1. The summed E-state index contributed by atoms with van der Waals surface area (Å²) in [7, 11) is 0. The smallest absolute Gasteiger partial charge is 0.161 e. The number of rotatable bonds is 4. The van der Waals surface area contributed by atoms with Crippen molar-refractivity contribution in [3.05, 3.63) is 60.2 Å². The predicted octanol–water partition coefficient (Wildman–Crippen LogP) is 3.18. The lowest BCUT2D eigenvalue weighted by molar-refractivity contribution is 0.0621. The van der Waals surface area contributed by atoms with E-state index in [0.717, 1.165) is 18.0 Å². The van der Waals surface area contributed by atoms with E-state index < -0.39 is 0 Å². The third-order valence-electron chi connectivity index (χ3n) is 3.49. The van der Waals surface area contributed by atoms with Crippen LogP contribution in [0, 0.1) is 0 Å². The minimum absolute atomic E-state index is 0.0211. The summed E-state index contributed by atoms with van der Waals surface area (Å²) in [5.74, 6) is 1.65. The molecule has 20 heavy (non-hydrogen) atoms. The summed E-state index contributed by atoms with van der Waals surface area (Å²) < 4.78 is 11.9. The number of para-hydroxylation sites is 2. The molecule has 0 bridgehead atoms. The molecule has 0 amide bonds. The van der Waals surface area contributed by atoms with Gasteiger partial charge in [0.15, 0.2) is 17.6 Å². The van der Waals surface area contributed by atoms with Crippen LogP contribution in [-0.2, 0) is 0 Å². The molecule has 104 valence electrons. The van der Waals surface area contributed by atoms with Crippen molar-refractivity contribution in [2.45, 2.75) is 19.1 Å². The zero-order chi connectivity index (χ0) is 13.8. The highest BCUT2D eigenvalue weighted by Gasteiger charge is 2.29. The van der Waals surface area contributed by atoms with E-state index >= 15 is 0 Å². The molecule has 1 N–H and O–H groups in total. The van der Waals surface area contributed by atoms with E-state index in [1.54, 1.807) is 0 Å². The van der Waals surface area contributed by atoms with Crippen molar-refractivity contribution in [2.24, 2.45) is 0 Å². The molecule has 3 nitrogen and oxygen atoms in total. The molecule has 0 saturated carbocycles. The summed E-state index contributed by atoms with van der Waals surface area (Å²) in [4.78, 5) is 0. The quantitative estimate of drug-likeness (QED) is 0.924. The van der Waals surface area contributed by atoms with Crippen LogP contribution in [0.15, 0.2) is 54.6 Å². The Balaban J connectivity index is 1.83. The van der Waals surface area contributed by atoms with Crippen LogP contribution in [0.3, 0.4) is 0 Å². The molecule has 2 aromatic rings. The first kappa shape index (κ1) is 13.0. The molecule has 1 aliphatic heterocycles. The van der Waals surface area contributed by atoms with Crippen LogP contribution in [0.25, 0.3) is 0 Å². The first-order chi connectivity index (χ1) is 9.88. The van der Waals surface area contributed by atoms with Crippen LogP contribution >= 0.6 is 0 Å². The molecule has 2 unspecified atom stereocenters. The second kappa shape index (κ2) is 5.97. The van der Waals surface area contributed by atoms with E-state index in [0.29, 0.717) is 6.61 Å². The lowest BCUT2D eigenvalue weighted by Gasteiger charge is -2.32. The van der Waals surface area contributed by atoms with E-state index in [9.17, 15) is 0 Å². The average molecular weight is 269 g/mol. The fraction of sp³-hybridized carbons (Fsp3) is 0.294. The topological polar surface area (TPSA) is 30.5 Å². The summed E-state index contributed by atoms with van der Waals surface area (Å²) in [6.45, 7) is 3.55. The van der Waals surface area contributed by atoms with Crippen LogP contribution in [-0.4, -0.2) is 19.3 Å². The molecule has 0 fully saturated rings. The highest BCUT2D eigenvalue weighted by Crippen LogP contribution is 2.34. The molecule has 2 aromatic carbocycles. The molecule has 1 heterocycles. The highest BCUT2D eigenvalue weighted by molar-refractivity contribution is 5.41. The van der Waals surface area contributed by atoms with Crippen molar-refractivity contribution in [2.75, 3.05) is 13.2 Å². The molecule has 2 atom stereocenters. The Labute approximate surface area is 119 Å². The van der Waals surface area contributed by atoms with E-state index in [-0.39, 0.29) is 12.1 Å². The summed E-state index contributed by atoms with van der Waals surface area (Å²) in [6, 6.07) is 18.3. The number of likely N-dealkylation sites (N-methyl/N-ethyl adjacent to an activating group) is 1. The van der Waals surface area contributed by atoms with Gasteiger partial charge in [-0.2, -0.15) is 0 Å². The van der Waals surface area contributed by atoms with Crippen LogP contribution in [0.2, 0.25) is 0 Å². The average Bonchev–Trinajstić information content (AvgIpc) is 2.53. The highest BCUT2D eigenvalue weighted by atomic mass is 16.6. The van der Waals surface area contributed by atoms with Crippen LogP contribution in [0.5, 0.6) is 11.5 Å². The van der Waals surface area contributed by atoms with Gasteiger partial charge < -0.3 is 14.8 Å². The van der Waals surface area contributed by atoms with Crippen molar-refractivity contribution < 1.29 is 9.47 Å². The van der Waals surface area contributed by atoms with E-state index in [4.69, 9.17) is 9.47 Å². The molecule has 1 aliphatic rings. The van der Waals surface area contributed by atoms with E-state index in [1.165, 1.54) is 5.56 Å². The number of hydrogen-bond donors (Lipinski definition) is 1. The van der Waals surface area contributed by atoms with Crippen molar-refractivity contribution in [3.8, 4) is 11.5 Å². The molecular weight excluding hydrogens is 250 g/mol. The number of nitrogens with one attached hydrogen (secondary N) is 1. The first-order valence-corrected chi connectivity index (χ1v) is 7.05. The van der Waals surface area contributed by atoms with Crippen LogP contribution < -0.4 is 14.8 Å². The number of benzene rings is 2. The lowest BCUT2D eigenvalue weighted by atomic mass is 10.0. The molecule has 3 rings (SSSR count). The molecule has 0 aliphatic carbocycles. The summed E-state index contributed by atoms with van der Waals surface area (Å²) >= 11 is 0. The van der Waals surface area contributed by atoms with Gasteiger partial charge in [0.05, 0.1) is 6.04 Å². The van der Waals surface area contributed by atoms with Gasteiger partial charge in [0.2, 0.25) is 0 Å². The Morgan fingerprint density at radius 1 is 1.05 bits per heavy atom. The Morgan fingerprint density at radius 2 is 1.75 bits per heavy atom. The predicted molar refractivity (Wildman–Crippen MR) is 79.2 cm³/mol. The van der Waals surface area contributed by atoms with Crippen molar-refractivity contribution in [1.82, 2.24) is 5.32 Å². The maximum Gasteiger partial charge on any atom is 0.161 e. The zero-order valence-electron chi connectivity index (χ0n) is 11.6. The van der Waals surface area contributed by atoms with Crippen molar-refractivity contribution in [3.63, 3.8) is 0 Å². The van der Waals surface area contributed by atoms with Gasteiger partial charge in [0.1, 0.15) is 6.61 Å². The standard InChI is InChI=1S/C17H19NO2/c1-2-18-17(13-8-4-3-5-9-13)16-12-19-14-10-6-7-11-15(14)20-16/h3-11,16-18H,2,12H2,1H3. The van der Waals surface area contributed by atoms with Gasteiger partial charge in [-0.15, -0.1) is 0 Å². The minimum atomic E-state index is -0.0211. The van der Waals surface area contributed by atoms with Gasteiger partial charge in [-0.25, -0.2) is 0 Å². The maximum atomic E-state index is 6.11. The van der Waals surface area contributed by atoms with Gasteiger partial charge in [-0.1, -0.05) is 49.4 Å². The Hall–Kier alpha value is -2.00.